The van der Waals surface area contributed by atoms with E-state index in [-0.39, 0.29) is 14.8 Å². The summed E-state index contributed by atoms with van der Waals surface area (Å²) < 4.78 is 25.4. The van der Waals surface area contributed by atoms with Crippen LogP contribution in [0.3, 0.4) is 0 Å². The van der Waals surface area contributed by atoms with Crippen LogP contribution in [-0.2, 0) is 9.84 Å². The molecule has 0 unspecified atom stereocenters. The van der Waals surface area contributed by atoms with Gasteiger partial charge in [0.1, 0.15) is 4.90 Å². The minimum atomic E-state index is -3.82. The van der Waals surface area contributed by atoms with E-state index in [4.69, 9.17) is 34.8 Å². The van der Waals surface area contributed by atoms with Gasteiger partial charge in [0, 0.05) is 21.6 Å². The summed E-state index contributed by atoms with van der Waals surface area (Å²) in [5.74, 6) is 0. The molecule has 1 heterocycles. The number of sulfone groups is 1. The van der Waals surface area contributed by atoms with Gasteiger partial charge in [-0.1, -0.05) is 40.9 Å². The number of benzene rings is 2. The second kappa shape index (κ2) is 5.70. The van der Waals surface area contributed by atoms with Gasteiger partial charge >= 0.3 is 0 Å². The van der Waals surface area contributed by atoms with Gasteiger partial charge in [0.05, 0.1) is 15.4 Å². The lowest BCUT2D eigenvalue weighted by molar-refractivity contribution is 0.596. The standard InChI is InChI=1S/C15H8Cl3NO2S/c16-9-2-1-3-11(6-9)22(20,21)14-8-19-13-5-4-10(17)7-12(13)15(14)18/h1-8H. The summed E-state index contributed by atoms with van der Waals surface area (Å²) in [4.78, 5) is 4.12. The zero-order chi connectivity index (χ0) is 15.9. The zero-order valence-corrected chi connectivity index (χ0v) is 14.0. The van der Waals surface area contributed by atoms with Crippen LogP contribution in [0.2, 0.25) is 15.1 Å². The summed E-state index contributed by atoms with van der Waals surface area (Å²) in [5, 5.41) is 1.35. The van der Waals surface area contributed by atoms with E-state index in [9.17, 15) is 8.42 Å². The van der Waals surface area contributed by atoms with Gasteiger partial charge in [-0.25, -0.2) is 8.42 Å². The van der Waals surface area contributed by atoms with Crippen LogP contribution in [0.4, 0.5) is 0 Å². The van der Waals surface area contributed by atoms with Crippen LogP contribution in [-0.4, -0.2) is 13.4 Å². The molecule has 1 aromatic heterocycles. The molecule has 112 valence electrons. The van der Waals surface area contributed by atoms with E-state index in [2.05, 4.69) is 4.98 Å². The van der Waals surface area contributed by atoms with Gasteiger partial charge in [-0.2, -0.15) is 0 Å². The van der Waals surface area contributed by atoms with E-state index in [1.54, 1.807) is 30.3 Å². The first-order valence-electron chi connectivity index (χ1n) is 6.14. The molecule has 0 aliphatic carbocycles. The quantitative estimate of drug-likeness (QED) is 0.634. The van der Waals surface area contributed by atoms with E-state index in [1.165, 1.54) is 18.3 Å². The number of halogens is 3. The summed E-state index contributed by atoms with van der Waals surface area (Å²) in [6.45, 7) is 0. The molecule has 0 N–H and O–H groups in total. The topological polar surface area (TPSA) is 47.0 Å². The van der Waals surface area contributed by atoms with Crippen LogP contribution in [0.25, 0.3) is 10.9 Å². The highest BCUT2D eigenvalue weighted by Gasteiger charge is 2.23. The molecule has 0 bridgehead atoms. The monoisotopic (exact) mass is 371 g/mol. The van der Waals surface area contributed by atoms with Crippen molar-refractivity contribution in [1.29, 1.82) is 0 Å². The molecule has 0 amide bonds. The van der Waals surface area contributed by atoms with Crippen molar-refractivity contribution in [3.05, 3.63) is 63.7 Å². The normalized spacial score (nSPS) is 11.8. The summed E-state index contributed by atoms with van der Waals surface area (Å²) in [7, 11) is -3.82. The van der Waals surface area contributed by atoms with Gasteiger partial charge in [0.2, 0.25) is 9.84 Å². The molecule has 0 saturated heterocycles. The van der Waals surface area contributed by atoms with Crippen molar-refractivity contribution in [2.45, 2.75) is 9.79 Å². The highest BCUT2D eigenvalue weighted by Crippen LogP contribution is 2.34. The first kappa shape index (κ1) is 15.6. The Morgan fingerprint density at radius 2 is 1.64 bits per heavy atom. The predicted octanol–water partition coefficient (Wildman–Crippen LogP) is 5.03. The van der Waals surface area contributed by atoms with Crippen LogP contribution in [0.5, 0.6) is 0 Å². The van der Waals surface area contributed by atoms with E-state index < -0.39 is 9.84 Å². The highest BCUT2D eigenvalue weighted by molar-refractivity contribution is 7.91. The molecule has 2 aromatic carbocycles. The second-order valence-corrected chi connectivity index (χ2v) is 7.73. The molecule has 3 nitrogen and oxygen atoms in total. The zero-order valence-electron chi connectivity index (χ0n) is 10.9. The average Bonchev–Trinajstić information content (AvgIpc) is 2.48. The third kappa shape index (κ3) is 2.68. The summed E-state index contributed by atoms with van der Waals surface area (Å²) in [6, 6.07) is 10.9. The number of pyridine rings is 1. The van der Waals surface area contributed by atoms with Crippen LogP contribution < -0.4 is 0 Å². The molecule has 22 heavy (non-hydrogen) atoms. The third-order valence-electron chi connectivity index (χ3n) is 3.13. The fraction of sp³-hybridized carbons (Fsp3) is 0. The fourth-order valence-electron chi connectivity index (χ4n) is 2.06. The van der Waals surface area contributed by atoms with E-state index in [0.29, 0.717) is 20.9 Å². The Labute approximate surface area is 142 Å². The van der Waals surface area contributed by atoms with Gasteiger partial charge in [-0.05, 0) is 36.4 Å². The van der Waals surface area contributed by atoms with Gasteiger partial charge in [-0.15, -0.1) is 0 Å². The molecular formula is C15H8Cl3NO2S. The Hall–Kier alpha value is -1.33. The maximum atomic E-state index is 12.7. The van der Waals surface area contributed by atoms with Crippen molar-refractivity contribution >= 4 is 55.5 Å². The maximum absolute atomic E-state index is 12.7. The summed E-state index contributed by atoms with van der Waals surface area (Å²) in [6.07, 6.45) is 1.24. The molecule has 0 aliphatic rings. The smallest absolute Gasteiger partial charge is 0.209 e. The first-order valence-corrected chi connectivity index (χ1v) is 8.76. The Morgan fingerprint density at radius 3 is 2.36 bits per heavy atom. The van der Waals surface area contributed by atoms with E-state index in [0.717, 1.165) is 0 Å². The van der Waals surface area contributed by atoms with Gasteiger partial charge < -0.3 is 0 Å². The van der Waals surface area contributed by atoms with Crippen molar-refractivity contribution in [2.75, 3.05) is 0 Å². The molecule has 0 spiro atoms. The molecule has 3 aromatic rings. The molecule has 0 saturated carbocycles. The van der Waals surface area contributed by atoms with Gasteiger partial charge in [0.15, 0.2) is 0 Å². The van der Waals surface area contributed by atoms with Crippen molar-refractivity contribution in [3.8, 4) is 0 Å². The lowest BCUT2D eigenvalue weighted by atomic mass is 10.2. The second-order valence-electron chi connectivity index (χ2n) is 4.56. The molecule has 7 heteroatoms. The first-order chi connectivity index (χ1) is 10.4. The van der Waals surface area contributed by atoms with Crippen LogP contribution in [0, 0.1) is 0 Å². The minimum Gasteiger partial charge on any atom is -0.255 e. The lowest BCUT2D eigenvalue weighted by Gasteiger charge is -2.09. The number of rotatable bonds is 2. The average molecular weight is 373 g/mol. The number of fused-ring (bicyclic) bond motifs is 1. The SMILES string of the molecule is O=S(=O)(c1cccc(Cl)c1)c1cnc2ccc(Cl)cc2c1Cl. The Morgan fingerprint density at radius 1 is 0.909 bits per heavy atom. The summed E-state index contributed by atoms with van der Waals surface area (Å²) >= 11 is 18.1. The molecule has 3 rings (SSSR count). The van der Waals surface area contributed by atoms with Gasteiger partial charge in [0.25, 0.3) is 0 Å². The van der Waals surface area contributed by atoms with Crippen molar-refractivity contribution < 1.29 is 8.42 Å². The third-order valence-corrected chi connectivity index (χ3v) is 5.88. The number of hydrogen-bond donors (Lipinski definition) is 0. The number of hydrogen-bond acceptors (Lipinski definition) is 3. The fourth-order valence-corrected chi connectivity index (χ4v) is 4.33. The molecule has 0 fully saturated rings. The minimum absolute atomic E-state index is 0.0603. The largest absolute Gasteiger partial charge is 0.255 e. The van der Waals surface area contributed by atoms with Crippen LogP contribution in [0.1, 0.15) is 0 Å². The molecule has 0 radical (unpaired) electrons. The lowest BCUT2D eigenvalue weighted by Crippen LogP contribution is -2.04. The maximum Gasteiger partial charge on any atom is 0.209 e. The van der Waals surface area contributed by atoms with Gasteiger partial charge in [-0.3, -0.25) is 4.98 Å². The molecule has 0 atom stereocenters. The number of aromatic nitrogens is 1. The van der Waals surface area contributed by atoms with Crippen molar-refractivity contribution in [3.63, 3.8) is 0 Å². The Balaban J connectivity index is 2.28. The highest BCUT2D eigenvalue weighted by atomic mass is 35.5. The van der Waals surface area contributed by atoms with E-state index >= 15 is 0 Å². The Kier molecular flexibility index (Phi) is 4.03. The molecule has 0 aliphatic heterocycles. The van der Waals surface area contributed by atoms with Crippen LogP contribution >= 0.6 is 34.8 Å². The molecular weight excluding hydrogens is 365 g/mol. The summed E-state index contributed by atoms with van der Waals surface area (Å²) in [5.41, 5.74) is 0.569. The van der Waals surface area contributed by atoms with Crippen molar-refractivity contribution in [2.24, 2.45) is 0 Å². The predicted molar refractivity (Wildman–Crippen MR) is 88.7 cm³/mol. The number of nitrogens with zero attached hydrogens (tertiary/aromatic N) is 1. The van der Waals surface area contributed by atoms with E-state index in [1.807, 2.05) is 0 Å². The van der Waals surface area contributed by atoms with Crippen molar-refractivity contribution in [1.82, 2.24) is 4.98 Å². The Bertz CT molecular complexity index is 987. The van der Waals surface area contributed by atoms with Crippen LogP contribution in [0.15, 0.2) is 58.5 Å².